The maximum Gasteiger partial charge on any atom is 0.329 e. The number of esters is 1. The number of hydrogen-bond acceptors (Lipinski definition) is 6. The second-order valence-electron chi connectivity index (χ2n) is 16.2. The van der Waals surface area contributed by atoms with E-state index in [-0.39, 0.29) is 35.3 Å². The fourth-order valence-electron chi connectivity index (χ4n) is 8.56. The number of ether oxygens (including phenoxy) is 1. The first-order valence-electron chi connectivity index (χ1n) is 21.5. The van der Waals surface area contributed by atoms with Crippen LogP contribution in [0.2, 0.25) is 0 Å². The number of halogens is 1. The van der Waals surface area contributed by atoms with Crippen LogP contribution in [0.1, 0.15) is 161 Å². The SMILES string of the molecule is CCCCCCCCCCCCCCCc1ccc(N(C)C(CCC=CC[C@@H]2[C@@H](C=CC[C@H](O)C3(CC)CCC3)[C@H](O)C[C@H]2Cl)C(=O)OCC=O)cc1. The molecule has 0 amide bonds. The minimum Gasteiger partial charge on any atom is -0.456 e. The van der Waals surface area contributed by atoms with Crippen molar-refractivity contribution in [2.24, 2.45) is 17.3 Å². The maximum absolute atomic E-state index is 13.1. The molecule has 0 aromatic heterocycles. The number of allylic oxidation sites excluding steroid dienone is 2. The summed E-state index contributed by atoms with van der Waals surface area (Å²) in [6, 6.07) is 7.98. The minimum atomic E-state index is -0.523. The van der Waals surface area contributed by atoms with E-state index in [1.165, 1.54) is 95.5 Å². The van der Waals surface area contributed by atoms with E-state index >= 15 is 0 Å². The first kappa shape index (κ1) is 45.2. The van der Waals surface area contributed by atoms with Crippen LogP contribution >= 0.6 is 11.6 Å². The number of benzene rings is 1. The number of aliphatic hydroxyl groups excluding tert-OH is 2. The molecule has 53 heavy (non-hydrogen) atoms. The molecule has 1 aromatic rings. The Bertz CT molecular complexity index is 1190. The zero-order chi connectivity index (χ0) is 38.3. The van der Waals surface area contributed by atoms with Crippen molar-refractivity contribution in [2.45, 2.75) is 185 Å². The van der Waals surface area contributed by atoms with Gasteiger partial charge in [-0.15, -0.1) is 11.6 Å². The highest BCUT2D eigenvalue weighted by molar-refractivity contribution is 6.21. The van der Waals surface area contributed by atoms with Crippen LogP contribution in [0.5, 0.6) is 0 Å². The number of likely N-dealkylation sites (N-methyl/N-ethyl adjacent to an activating group) is 1. The molecule has 6 nitrogen and oxygen atoms in total. The van der Waals surface area contributed by atoms with E-state index in [4.69, 9.17) is 16.3 Å². The molecule has 0 bridgehead atoms. The van der Waals surface area contributed by atoms with Gasteiger partial charge in [-0.2, -0.15) is 0 Å². The number of alkyl halides is 1. The number of aldehydes is 1. The van der Waals surface area contributed by atoms with E-state index in [1.54, 1.807) is 0 Å². The molecule has 0 aliphatic heterocycles. The van der Waals surface area contributed by atoms with E-state index in [1.807, 2.05) is 11.9 Å². The van der Waals surface area contributed by atoms with Gasteiger partial charge in [-0.25, -0.2) is 4.79 Å². The normalized spacial score (nSPS) is 22.2. The predicted octanol–water partition coefficient (Wildman–Crippen LogP) is 11.1. The summed E-state index contributed by atoms with van der Waals surface area (Å²) in [6.07, 6.45) is 34.3. The first-order valence-corrected chi connectivity index (χ1v) is 21.9. The van der Waals surface area contributed by atoms with Crippen molar-refractivity contribution in [3.63, 3.8) is 0 Å². The molecule has 2 saturated carbocycles. The Morgan fingerprint density at radius 3 is 2.13 bits per heavy atom. The number of nitrogens with zero attached hydrogens (tertiary/aromatic N) is 1. The molecular formula is C46H74ClNO5. The van der Waals surface area contributed by atoms with E-state index < -0.39 is 18.1 Å². The smallest absolute Gasteiger partial charge is 0.329 e. The molecule has 7 heteroatoms. The number of rotatable bonds is 29. The zero-order valence-corrected chi connectivity index (χ0v) is 34.3. The van der Waals surface area contributed by atoms with Crippen LogP contribution in [0.25, 0.3) is 0 Å². The molecule has 0 heterocycles. The third kappa shape index (κ3) is 15.5. The third-order valence-corrected chi connectivity index (χ3v) is 13.0. The Morgan fingerprint density at radius 1 is 0.943 bits per heavy atom. The number of anilines is 1. The van der Waals surface area contributed by atoms with E-state index in [2.05, 4.69) is 62.4 Å². The van der Waals surface area contributed by atoms with E-state index in [0.717, 1.165) is 37.8 Å². The summed E-state index contributed by atoms with van der Waals surface area (Å²) in [4.78, 5) is 26.0. The monoisotopic (exact) mass is 756 g/mol. The fraction of sp³-hybridized carbons (Fsp3) is 0.739. The number of aliphatic hydroxyl groups is 2. The highest BCUT2D eigenvalue weighted by atomic mass is 35.5. The molecule has 2 aliphatic carbocycles. The van der Waals surface area contributed by atoms with Gasteiger partial charge in [0, 0.05) is 24.0 Å². The van der Waals surface area contributed by atoms with Crippen molar-refractivity contribution >= 4 is 29.5 Å². The molecule has 1 aromatic carbocycles. The largest absolute Gasteiger partial charge is 0.456 e. The summed E-state index contributed by atoms with van der Waals surface area (Å²) in [6.45, 7) is 4.20. The van der Waals surface area contributed by atoms with Crippen molar-refractivity contribution in [3.05, 3.63) is 54.1 Å². The van der Waals surface area contributed by atoms with Crippen LogP contribution in [0.4, 0.5) is 5.69 Å². The van der Waals surface area contributed by atoms with Gasteiger partial charge in [0.2, 0.25) is 0 Å². The summed E-state index contributed by atoms with van der Waals surface area (Å²) in [5, 5.41) is 21.5. The van der Waals surface area contributed by atoms with Crippen molar-refractivity contribution in [2.75, 3.05) is 18.6 Å². The number of carbonyl (C=O) groups excluding carboxylic acids is 2. The van der Waals surface area contributed by atoms with E-state index in [0.29, 0.717) is 32.0 Å². The molecular weight excluding hydrogens is 682 g/mol. The Balaban J connectivity index is 1.42. The van der Waals surface area contributed by atoms with Gasteiger partial charge in [0.1, 0.15) is 12.6 Å². The van der Waals surface area contributed by atoms with Gasteiger partial charge in [-0.1, -0.05) is 134 Å². The van der Waals surface area contributed by atoms with Crippen molar-refractivity contribution in [1.29, 1.82) is 0 Å². The van der Waals surface area contributed by atoms with Crippen LogP contribution in [0.3, 0.4) is 0 Å². The van der Waals surface area contributed by atoms with Gasteiger partial charge >= 0.3 is 5.97 Å². The van der Waals surface area contributed by atoms with Crippen LogP contribution < -0.4 is 4.90 Å². The number of aryl methyl sites for hydroxylation is 1. The second-order valence-corrected chi connectivity index (χ2v) is 16.7. The van der Waals surface area contributed by atoms with Gasteiger partial charge in [-0.3, -0.25) is 4.79 Å². The Labute approximate surface area is 328 Å². The van der Waals surface area contributed by atoms with Gasteiger partial charge in [0.25, 0.3) is 0 Å². The molecule has 6 atom stereocenters. The quantitative estimate of drug-likeness (QED) is 0.0278. The number of carbonyl (C=O) groups is 2. The number of unbranched alkanes of at least 4 members (excludes halogenated alkanes) is 12. The fourth-order valence-corrected chi connectivity index (χ4v) is 9.02. The zero-order valence-electron chi connectivity index (χ0n) is 33.6. The van der Waals surface area contributed by atoms with Crippen LogP contribution in [0, 0.1) is 17.3 Å². The standard InChI is InChI=1S/C46H74ClNO5/c1-4-6-7-8-9-10-11-12-13-14-15-16-18-23-37-28-30-38(31-29-37)48(3)42(45(52)53-35-34-49)26-20-17-19-24-39-40(43(50)36-41(39)47)25-21-27-44(51)46(5-2)32-22-33-46/h17,19,21,25,28-31,34,39-44,50-51H,4-16,18,20,22-24,26-27,32-33,35-36H2,1-3H3/t39-,40-,41-,42?,43-,44+/m1/s1. The predicted molar refractivity (Wildman–Crippen MR) is 222 cm³/mol. The summed E-state index contributed by atoms with van der Waals surface area (Å²) in [5.41, 5.74) is 2.33. The Kier molecular flexibility index (Phi) is 22.1. The lowest BCUT2D eigenvalue weighted by Crippen LogP contribution is -2.40. The molecule has 0 saturated heterocycles. The number of hydrogen-bond donors (Lipinski definition) is 2. The average Bonchev–Trinajstić information content (AvgIpc) is 3.41. The molecule has 0 radical (unpaired) electrons. The lowest BCUT2D eigenvalue weighted by Gasteiger charge is -2.45. The average molecular weight is 757 g/mol. The van der Waals surface area contributed by atoms with Gasteiger partial charge in [0.05, 0.1) is 12.2 Å². The van der Waals surface area contributed by atoms with Gasteiger partial charge in [0.15, 0.2) is 6.29 Å². The molecule has 2 N–H and O–H groups in total. The summed E-state index contributed by atoms with van der Waals surface area (Å²) >= 11 is 6.72. The molecule has 2 aliphatic rings. The van der Waals surface area contributed by atoms with E-state index in [9.17, 15) is 19.8 Å². The molecule has 1 unspecified atom stereocenters. The summed E-state index contributed by atoms with van der Waals surface area (Å²) in [5.74, 6) is -0.338. The van der Waals surface area contributed by atoms with Crippen LogP contribution in [0.15, 0.2) is 48.6 Å². The van der Waals surface area contributed by atoms with Crippen molar-refractivity contribution in [3.8, 4) is 0 Å². The second kappa shape index (κ2) is 25.8. The van der Waals surface area contributed by atoms with Gasteiger partial charge < -0.3 is 19.8 Å². The Morgan fingerprint density at radius 2 is 1.57 bits per heavy atom. The summed E-state index contributed by atoms with van der Waals surface area (Å²) < 4.78 is 5.28. The minimum absolute atomic E-state index is 0.0435. The lowest BCUT2D eigenvalue weighted by atomic mass is 9.63. The third-order valence-electron chi connectivity index (χ3n) is 12.5. The van der Waals surface area contributed by atoms with Crippen LogP contribution in [-0.2, 0) is 20.7 Å². The topological polar surface area (TPSA) is 87.1 Å². The van der Waals surface area contributed by atoms with Crippen molar-refractivity contribution < 1.29 is 24.5 Å². The molecule has 3 rings (SSSR count). The molecule has 0 spiro atoms. The molecule has 300 valence electrons. The lowest BCUT2D eigenvalue weighted by molar-refractivity contribution is -0.147. The highest BCUT2D eigenvalue weighted by Gasteiger charge is 2.42. The van der Waals surface area contributed by atoms with Gasteiger partial charge in [-0.05, 0) is 93.2 Å². The van der Waals surface area contributed by atoms with Crippen LogP contribution in [-0.4, -0.2) is 59.7 Å². The maximum atomic E-state index is 13.1. The Hall–Kier alpha value is -2.15. The first-order chi connectivity index (χ1) is 25.8. The van der Waals surface area contributed by atoms with Crippen molar-refractivity contribution in [1.82, 2.24) is 0 Å². The molecule has 2 fully saturated rings. The highest BCUT2D eigenvalue weighted by Crippen LogP contribution is 2.48. The summed E-state index contributed by atoms with van der Waals surface area (Å²) in [7, 11) is 1.91.